The maximum absolute atomic E-state index is 12.1. The standard InChI is InChI=1S/C21H28N4O2.C2H6/c1-4-19(26)25-11-15(6-5-13(25)2)24-18-7-8-22-21-20(18)17(10-23-21)16-9-14(16)12-27-3;1-2/h4,7-8,10,13-16H,1,5-6,9,11-12H2,2-3H3,(H2,22,23,24);1-2H3. The van der Waals surface area contributed by atoms with E-state index in [4.69, 9.17) is 4.74 Å². The number of fused-ring (bicyclic) bond motifs is 1. The van der Waals surface area contributed by atoms with Crippen LogP contribution < -0.4 is 5.32 Å². The van der Waals surface area contributed by atoms with Crippen molar-refractivity contribution in [2.24, 2.45) is 5.92 Å². The molecule has 2 aromatic rings. The molecule has 0 aromatic carbocycles. The summed E-state index contributed by atoms with van der Waals surface area (Å²) in [6, 6.07) is 2.54. The van der Waals surface area contributed by atoms with E-state index in [0.29, 0.717) is 18.4 Å². The largest absolute Gasteiger partial charge is 0.384 e. The number of hydrogen-bond donors (Lipinski definition) is 2. The predicted octanol–water partition coefficient (Wildman–Crippen LogP) is 4.32. The predicted molar refractivity (Wildman–Crippen MR) is 118 cm³/mol. The van der Waals surface area contributed by atoms with Crippen molar-refractivity contribution in [3.05, 3.63) is 36.7 Å². The number of ether oxygens (including phenoxy) is 1. The van der Waals surface area contributed by atoms with E-state index in [9.17, 15) is 4.79 Å². The molecular formula is C23H34N4O2. The molecule has 6 nitrogen and oxygen atoms in total. The van der Waals surface area contributed by atoms with Crippen molar-refractivity contribution in [2.45, 2.75) is 58.0 Å². The number of nitrogens with zero attached hydrogens (tertiary/aromatic N) is 2. The molecule has 3 heterocycles. The number of likely N-dealkylation sites (tertiary alicyclic amines) is 1. The van der Waals surface area contributed by atoms with Crippen LogP contribution in [0.5, 0.6) is 0 Å². The van der Waals surface area contributed by atoms with Crippen LogP contribution in [0.4, 0.5) is 5.69 Å². The Kier molecular flexibility index (Phi) is 6.96. The molecule has 1 saturated heterocycles. The van der Waals surface area contributed by atoms with Gasteiger partial charge in [0.25, 0.3) is 0 Å². The Bertz CT molecular complexity index is 847. The lowest BCUT2D eigenvalue weighted by Crippen LogP contribution is -2.49. The molecule has 2 aromatic heterocycles. The Morgan fingerprint density at radius 1 is 1.45 bits per heavy atom. The minimum Gasteiger partial charge on any atom is -0.384 e. The summed E-state index contributed by atoms with van der Waals surface area (Å²) < 4.78 is 5.33. The Hall–Kier alpha value is -2.34. The van der Waals surface area contributed by atoms with Gasteiger partial charge in [-0.2, -0.15) is 0 Å². The number of amides is 1. The molecule has 1 aliphatic carbocycles. The first-order chi connectivity index (χ1) is 14.1. The number of rotatable bonds is 6. The van der Waals surface area contributed by atoms with E-state index in [1.54, 1.807) is 7.11 Å². The molecule has 2 aliphatic rings. The van der Waals surface area contributed by atoms with Gasteiger partial charge in [-0.15, -0.1) is 0 Å². The van der Waals surface area contributed by atoms with Crippen LogP contribution in [0.1, 0.15) is 51.5 Å². The average Bonchev–Trinajstić information content (AvgIpc) is 3.37. The Labute approximate surface area is 173 Å². The smallest absolute Gasteiger partial charge is 0.246 e. The zero-order valence-electron chi connectivity index (χ0n) is 18.1. The first-order valence-electron chi connectivity index (χ1n) is 10.8. The summed E-state index contributed by atoms with van der Waals surface area (Å²) in [6.07, 6.45) is 8.54. The number of aromatic nitrogens is 2. The van der Waals surface area contributed by atoms with Gasteiger partial charge in [-0.25, -0.2) is 4.98 Å². The van der Waals surface area contributed by atoms with Crippen LogP contribution in [-0.4, -0.2) is 53.1 Å². The molecule has 2 fully saturated rings. The molecule has 4 rings (SSSR count). The number of pyridine rings is 1. The quantitative estimate of drug-likeness (QED) is 0.711. The molecule has 1 saturated carbocycles. The third-order valence-electron chi connectivity index (χ3n) is 6.01. The molecule has 1 aliphatic heterocycles. The summed E-state index contributed by atoms with van der Waals surface area (Å²) in [5.74, 6) is 1.14. The number of anilines is 1. The third kappa shape index (κ3) is 4.47. The molecule has 1 amide bonds. The van der Waals surface area contributed by atoms with E-state index >= 15 is 0 Å². The zero-order valence-corrected chi connectivity index (χ0v) is 18.1. The van der Waals surface area contributed by atoms with Crippen molar-refractivity contribution >= 4 is 22.6 Å². The summed E-state index contributed by atoms with van der Waals surface area (Å²) in [6.45, 7) is 11.3. The second-order valence-electron chi connectivity index (χ2n) is 7.85. The van der Waals surface area contributed by atoms with Crippen molar-refractivity contribution in [2.75, 3.05) is 25.6 Å². The monoisotopic (exact) mass is 398 g/mol. The van der Waals surface area contributed by atoms with Crippen LogP contribution in [-0.2, 0) is 9.53 Å². The van der Waals surface area contributed by atoms with Crippen LogP contribution in [0.25, 0.3) is 11.0 Å². The average molecular weight is 399 g/mol. The highest BCUT2D eigenvalue weighted by atomic mass is 16.5. The van der Waals surface area contributed by atoms with Gasteiger partial charge in [0.2, 0.25) is 5.91 Å². The molecule has 2 N–H and O–H groups in total. The van der Waals surface area contributed by atoms with E-state index in [1.807, 2.05) is 31.0 Å². The summed E-state index contributed by atoms with van der Waals surface area (Å²) in [5.41, 5.74) is 3.34. The summed E-state index contributed by atoms with van der Waals surface area (Å²) >= 11 is 0. The van der Waals surface area contributed by atoms with Gasteiger partial charge in [0.05, 0.1) is 0 Å². The fraction of sp³-hybridized carbons (Fsp3) is 0.565. The topological polar surface area (TPSA) is 70.2 Å². The Morgan fingerprint density at radius 3 is 2.97 bits per heavy atom. The molecule has 0 radical (unpaired) electrons. The van der Waals surface area contributed by atoms with Gasteiger partial charge < -0.3 is 19.9 Å². The molecular weight excluding hydrogens is 364 g/mol. The first kappa shape index (κ1) is 21.4. The number of hydrogen-bond acceptors (Lipinski definition) is 4. The number of aromatic amines is 1. The number of carbonyl (C=O) groups excluding carboxylic acids is 1. The van der Waals surface area contributed by atoms with Crippen molar-refractivity contribution < 1.29 is 9.53 Å². The summed E-state index contributed by atoms with van der Waals surface area (Å²) in [4.78, 5) is 21.9. The van der Waals surface area contributed by atoms with Gasteiger partial charge in [0.15, 0.2) is 0 Å². The number of carbonyl (C=O) groups is 1. The van der Waals surface area contributed by atoms with Crippen molar-refractivity contribution in [1.82, 2.24) is 14.9 Å². The number of methoxy groups -OCH3 is 1. The van der Waals surface area contributed by atoms with Crippen LogP contribution in [0, 0.1) is 5.92 Å². The summed E-state index contributed by atoms with van der Waals surface area (Å²) in [7, 11) is 1.76. The highest BCUT2D eigenvalue weighted by Crippen LogP contribution is 2.50. The third-order valence-corrected chi connectivity index (χ3v) is 6.01. The van der Waals surface area contributed by atoms with Crippen LogP contribution >= 0.6 is 0 Å². The minimum absolute atomic E-state index is 0.0107. The normalized spacial score (nSPS) is 25.9. The van der Waals surface area contributed by atoms with E-state index in [2.05, 4.69) is 35.0 Å². The lowest BCUT2D eigenvalue weighted by atomic mass is 9.98. The zero-order chi connectivity index (χ0) is 21.0. The van der Waals surface area contributed by atoms with Crippen molar-refractivity contribution in [3.63, 3.8) is 0 Å². The first-order valence-corrected chi connectivity index (χ1v) is 10.8. The van der Waals surface area contributed by atoms with Crippen LogP contribution in [0.2, 0.25) is 0 Å². The second-order valence-corrected chi connectivity index (χ2v) is 7.85. The maximum Gasteiger partial charge on any atom is 0.246 e. The van der Waals surface area contributed by atoms with Gasteiger partial charge in [-0.1, -0.05) is 20.4 Å². The van der Waals surface area contributed by atoms with Crippen molar-refractivity contribution in [1.29, 1.82) is 0 Å². The van der Waals surface area contributed by atoms with E-state index in [0.717, 1.165) is 37.2 Å². The lowest BCUT2D eigenvalue weighted by molar-refractivity contribution is -0.129. The number of piperidine rings is 1. The Morgan fingerprint density at radius 2 is 2.24 bits per heavy atom. The maximum atomic E-state index is 12.1. The van der Waals surface area contributed by atoms with E-state index in [-0.39, 0.29) is 18.0 Å². The molecule has 4 unspecified atom stereocenters. The van der Waals surface area contributed by atoms with Gasteiger partial charge in [0, 0.05) is 55.8 Å². The molecule has 0 spiro atoms. The molecule has 0 bridgehead atoms. The van der Waals surface area contributed by atoms with E-state index in [1.165, 1.54) is 17.0 Å². The number of nitrogens with one attached hydrogen (secondary N) is 2. The van der Waals surface area contributed by atoms with Gasteiger partial charge in [0.1, 0.15) is 5.65 Å². The fourth-order valence-electron chi connectivity index (χ4n) is 4.39. The lowest BCUT2D eigenvalue weighted by Gasteiger charge is -2.38. The van der Waals surface area contributed by atoms with Crippen molar-refractivity contribution in [3.8, 4) is 0 Å². The summed E-state index contributed by atoms with van der Waals surface area (Å²) in [5, 5.41) is 4.87. The number of H-pyrrole nitrogens is 1. The van der Waals surface area contributed by atoms with E-state index < -0.39 is 0 Å². The molecule has 158 valence electrons. The fourth-order valence-corrected chi connectivity index (χ4v) is 4.39. The van der Waals surface area contributed by atoms with Gasteiger partial charge in [-0.05, 0) is 55.7 Å². The second kappa shape index (κ2) is 9.44. The SMILES string of the molecule is C=CC(=O)N1CC(Nc2ccnc3[nH]cc(C4CC4COC)c23)CCC1C.CC. The molecule has 29 heavy (non-hydrogen) atoms. The van der Waals surface area contributed by atoms with Gasteiger partial charge in [-0.3, -0.25) is 4.79 Å². The Balaban J connectivity index is 0.00000117. The molecule has 4 atom stereocenters. The van der Waals surface area contributed by atoms with Gasteiger partial charge >= 0.3 is 0 Å². The molecule has 6 heteroatoms. The minimum atomic E-state index is 0.0107. The highest BCUT2D eigenvalue weighted by molar-refractivity contribution is 5.93. The van der Waals surface area contributed by atoms with Crippen LogP contribution in [0.3, 0.4) is 0 Å². The van der Waals surface area contributed by atoms with Crippen LogP contribution in [0.15, 0.2) is 31.1 Å². The highest BCUT2D eigenvalue weighted by Gasteiger charge is 2.40.